The molecule has 0 aromatic heterocycles. The highest BCUT2D eigenvalue weighted by Crippen LogP contribution is 2.10. The molecule has 0 aromatic carbocycles. The number of nitrogens with one attached hydrogen (secondary N) is 7. The van der Waals surface area contributed by atoms with Crippen LogP contribution in [0.3, 0.4) is 0 Å². The number of carbonyl (C=O) groups is 1. The van der Waals surface area contributed by atoms with Gasteiger partial charge < -0.3 is 37.2 Å². The maximum absolute atomic E-state index is 11.0. The van der Waals surface area contributed by atoms with Gasteiger partial charge in [0.1, 0.15) is 0 Å². The van der Waals surface area contributed by atoms with Crippen molar-refractivity contribution in [1.29, 1.82) is 0 Å². The van der Waals surface area contributed by atoms with Crippen LogP contribution in [-0.2, 0) is 4.79 Å². The van der Waals surface area contributed by atoms with Gasteiger partial charge in [-0.2, -0.15) is 0 Å². The van der Waals surface area contributed by atoms with E-state index in [-0.39, 0.29) is 5.91 Å². The summed E-state index contributed by atoms with van der Waals surface area (Å²) in [5.41, 5.74) is 0. The van der Waals surface area contributed by atoms with Crippen molar-refractivity contribution in [2.45, 2.75) is 77.6 Å². The van der Waals surface area contributed by atoms with Crippen molar-refractivity contribution < 1.29 is 4.79 Å². The van der Waals surface area contributed by atoms with Gasteiger partial charge in [-0.25, -0.2) is 0 Å². The van der Waals surface area contributed by atoms with E-state index in [9.17, 15) is 4.79 Å². The van der Waals surface area contributed by atoms with Crippen LogP contribution in [-0.4, -0.2) is 92.0 Å². The second-order valence-electron chi connectivity index (χ2n) is 9.79. The first-order chi connectivity index (χ1) is 17.2. The van der Waals surface area contributed by atoms with E-state index >= 15 is 0 Å². The quantitative estimate of drug-likeness (QED) is 0.0788. The van der Waals surface area contributed by atoms with Gasteiger partial charge in [0, 0.05) is 13.5 Å². The Morgan fingerprint density at radius 3 is 1.43 bits per heavy atom. The molecule has 0 saturated carbocycles. The summed E-state index contributed by atoms with van der Waals surface area (Å²) < 4.78 is 0. The predicted octanol–water partition coefficient (Wildman–Crippen LogP) is 1.83. The molecule has 0 atom stereocenters. The van der Waals surface area contributed by atoms with Gasteiger partial charge in [-0.15, -0.1) is 0 Å². The van der Waals surface area contributed by atoms with Gasteiger partial charge in [-0.05, 0) is 137 Å². The molecule has 1 amide bonds. The van der Waals surface area contributed by atoms with Gasteiger partial charge in [0.25, 0.3) is 0 Å². The second kappa shape index (κ2) is 29.5. The van der Waals surface area contributed by atoms with E-state index < -0.39 is 0 Å². The van der Waals surface area contributed by atoms with Gasteiger partial charge in [-0.3, -0.25) is 4.79 Å². The third kappa shape index (κ3) is 29.4. The summed E-state index contributed by atoms with van der Waals surface area (Å²) in [5.74, 6) is 0.779. The van der Waals surface area contributed by atoms with E-state index in [0.29, 0.717) is 5.92 Å². The first kappa shape index (κ1) is 34.2. The zero-order valence-electron chi connectivity index (χ0n) is 23.5. The van der Waals surface area contributed by atoms with Crippen LogP contribution < -0.4 is 37.2 Å². The fourth-order valence-corrected chi connectivity index (χ4v) is 4.09. The van der Waals surface area contributed by atoms with Crippen molar-refractivity contribution in [3.8, 4) is 0 Å². The average Bonchev–Trinajstić information content (AvgIpc) is 2.85. The van der Waals surface area contributed by atoms with E-state index in [1.54, 1.807) is 6.92 Å². The van der Waals surface area contributed by atoms with Crippen molar-refractivity contribution >= 4 is 5.91 Å². The number of hydrogen-bond acceptors (Lipinski definition) is 7. The number of carbonyl (C=O) groups excluding carboxylic acids is 1. The number of hydrogen-bond donors (Lipinski definition) is 7. The Hall–Kier alpha value is -0.770. The van der Waals surface area contributed by atoms with Crippen LogP contribution in [0.2, 0.25) is 0 Å². The molecule has 8 nitrogen and oxygen atoms in total. The summed E-state index contributed by atoms with van der Waals surface area (Å²) in [5, 5.41) is 23.8. The summed E-state index contributed by atoms with van der Waals surface area (Å²) in [4.78, 5) is 11.0. The first-order valence-corrected chi connectivity index (χ1v) is 14.6. The Bertz CT molecular complexity index is 402. The fourth-order valence-electron chi connectivity index (χ4n) is 4.09. The van der Waals surface area contributed by atoms with Crippen LogP contribution in [0, 0.1) is 5.92 Å². The first-order valence-electron chi connectivity index (χ1n) is 14.6. The van der Waals surface area contributed by atoms with Crippen LogP contribution in [0.5, 0.6) is 0 Å². The molecular formula is C27H61N7O. The van der Waals surface area contributed by atoms with Crippen LogP contribution in [0.1, 0.15) is 77.6 Å². The monoisotopic (exact) mass is 499 g/mol. The topological polar surface area (TPSA) is 101 Å². The molecule has 0 aliphatic heterocycles. The molecule has 7 N–H and O–H groups in total. The molecule has 0 aliphatic carbocycles. The summed E-state index contributed by atoms with van der Waals surface area (Å²) in [7, 11) is 4.02. The van der Waals surface area contributed by atoms with Gasteiger partial charge in [0.15, 0.2) is 0 Å². The third-order valence-electron chi connectivity index (χ3n) is 6.25. The van der Waals surface area contributed by atoms with Crippen molar-refractivity contribution in [3.63, 3.8) is 0 Å². The lowest BCUT2D eigenvalue weighted by molar-refractivity contribution is -0.118. The van der Waals surface area contributed by atoms with Gasteiger partial charge in [0.2, 0.25) is 5.91 Å². The summed E-state index contributed by atoms with van der Waals surface area (Å²) in [6, 6.07) is 0. The molecule has 0 saturated heterocycles. The second-order valence-corrected chi connectivity index (χ2v) is 9.79. The van der Waals surface area contributed by atoms with E-state index in [2.05, 4.69) is 37.2 Å². The Morgan fingerprint density at radius 2 is 0.943 bits per heavy atom. The van der Waals surface area contributed by atoms with E-state index in [0.717, 1.165) is 78.4 Å². The van der Waals surface area contributed by atoms with Gasteiger partial charge in [-0.1, -0.05) is 19.3 Å². The van der Waals surface area contributed by atoms with Crippen LogP contribution in [0.25, 0.3) is 0 Å². The molecule has 0 aromatic rings. The minimum Gasteiger partial charge on any atom is -0.356 e. The van der Waals surface area contributed by atoms with E-state index in [1.165, 1.54) is 64.2 Å². The van der Waals surface area contributed by atoms with E-state index in [4.69, 9.17) is 0 Å². The molecule has 35 heavy (non-hydrogen) atoms. The fraction of sp³-hybridized carbons (Fsp3) is 0.963. The van der Waals surface area contributed by atoms with Crippen molar-refractivity contribution in [3.05, 3.63) is 0 Å². The molecular weight excluding hydrogens is 438 g/mol. The highest BCUT2D eigenvalue weighted by Gasteiger charge is 2.08. The van der Waals surface area contributed by atoms with Crippen molar-refractivity contribution in [1.82, 2.24) is 37.2 Å². The largest absolute Gasteiger partial charge is 0.356 e. The lowest BCUT2D eigenvalue weighted by Gasteiger charge is -2.19. The smallest absolute Gasteiger partial charge is 0.216 e. The normalized spacial score (nSPS) is 11.4. The molecule has 0 unspecified atom stereocenters. The van der Waals surface area contributed by atoms with Crippen LogP contribution in [0.4, 0.5) is 0 Å². The summed E-state index contributed by atoms with van der Waals surface area (Å²) in [6.07, 6.45) is 13.5. The Balaban J connectivity index is 3.87. The molecule has 0 radical (unpaired) electrons. The molecule has 0 spiro atoms. The number of amides is 1. The Kier molecular flexibility index (Phi) is 28.8. The minimum atomic E-state index is 0.0800. The van der Waals surface area contributed by atoms with Crippen LogP contribution in [0.15, 0.2) is 0 Å². The highest BCUT2D eigenvalue weighted by molar-refractivity contribution is 5.72. The molecule has 0 heterocycles. The highest BCUT2D eigenvalue weighted by atomic mass is 16.1. The Labute approximate surface area is 217 Å². The molecule has 0 aliphatic rings. The summed E-state index contributed by atoms with van der Waals surface area (Å²) >= 11 is 0. The molecule has 0 fully saturated rings. The zero-order chi connectivity index (χ0) is 25.7. The number of unbranched alkanes of at least 4 members (excludes halogenated alkanes) is 5. The van der Waals surface area contributed by atoms with Crippen molar-refractivity contribution in [2.24, 2.45) is 5.92 Å². The predicted molar refractivity (Wildman–Crippen MR) is 152 cm³/mol. The number of rotatable bonds is 29. The standard InChI is InChI=1S/C27H61N7O/c1-26(35)34-23-7-5-4-6-14-27(24-32-19-10-8-17-30-21-12-15-28-2)25-33-20-11-9-18-31-22-13-16-29-3/h27-33H,4-25H2,1-3H3,(H,34,35). The Morgan fingerprint density at radius 1 is 0.514 bits per heavy atom. The van der Waals surface area contributed by atoms with Gasteiger partial charge >= 0.3 is 0 Å². The van der Waals surface area contributed by atoms with E-state index in [1.807, 2.05) is 14.1 Å². The average molecular weight is 500 g/mol. The van der Waals surface area contributed by atoms with Gasteiger partial charge in [0.05, 0.1) is 0 Å². The maximum Gasteiger partial charge on any atom is 0.216 e. The van der Waals surface area contributed by atoms with Crippen LogP contribution >= 0.6 is 0 Å². The molecule has 210 valence electrons. The molecule has 0 rings (SSSR count). The minimum absolute atomic E-state index is 0.0800. The maximum atomic E-state index is 11.0. The molecule has 0 bridgehead atoms. The lowest BCUT2D eigenvalue weighted by atomic mass is 10.00. The zero-order valence-corrected chi connectivity index (χ0v) is 23.5. The molecule has 8 heteroatoms. The third-order valence-corrected chi connectivity index (χ3v) is 6.25. The lowest BCUT2D eigenvalue weighted by Crippen LogP contribution is -2.32. The van der Waals surface area contributed by atoms with Crippen molar-refractivity contribution in [2.75, 3.05) is 86.1 Å². The summed E-state index contributed by atoms with van der Waals surface area (Å²) in [6.45, 7) is 13.5. The SMILES string of the molecule is CNCCCNCCCCNCC(CCCCCCNC(C)=O)CNCCCCNCCCNC.